The van der Waals surface area contributed by atoms with Crippen LogP contribution in [0, 0.1) is 6.92 Å². The number of nitrogens with zero attached hydrogens (tertiary/aromatic N) is 3. The van der Waals surface area contributed by atoms with Gasteiger partial charge in [0.2, 0.25) is 0 Å². The first-order chi connectivity index (χ1) is 9.08. The number of pyridine rings is 1. The van der Waals surface area contributed by atoms with Crippen LogP contribution in [-0.2, 0) is 13.5 Å². The van der Waals surface area contributed by atoms with E-state index in [1.165, 1.54) is 5.56 Å². The molecule has 0 aromatic carbocycles. The van der Waals surface area contributed by atoms with E-state index in [0.29, 0.717) is 4.99 Å². The van der Waals surface area contributed by atoms with Crippen LogP contribution in [0.15, 0.2) is 24.7 Å². The highest BCUT2D eigenvalue weighted by molar-refractivity contribution is 7.80. The largest absolute Gasteiger partial charge is 0.389 e. The maximum atomic E-state index is 5.74. The van der Waals surface area contributed by atoms with Crippen LogP contribution < -0.4 is 11.1 Å². The minimum Gasteiger partial charge on any atom is -0.389 e. The van der Waals surface area contributed by atoms with Crippen LogP contribution in [0.1, 0.15) is 16.7 Å². The van der Waals surface area contributed by atoms with E-state index >= 15 is 0 Å². The van der Waals surface area contributed by atoms with Crippen molar-refractivity contribution in [2.45, 2.75) is 13.3 Å². The molecule has 0 aliphatic heterocycles. The number of nitrogens with two attached hydrogens (primary N) is 1. The molecule has 0 radical (unpaired) electrons. The fourth-order valence-corrected chi connectivity index (χ4v) is 2.19. The van der Waals surface area contributed by atoms with Crippen molar-refractivity contribution >= 4 is 23.0 Å². The Morgan fingerprint density at radius 2 is 2.32 bits per heavy atom. The molecule has 0 saturated carbocycles. The van der Waals surface area contributed by atoms with E-state index in [9.17, 15) is 0 Å². The van der Waals surface area contributed by atoms with Gasteiger partial charge in [-0.2, -0.15) is 5.10 Å². The van der Waals surface area contributed by atoms with Gasteiger partial charge in [-0.25, -0.2) is 4.98 Å². The standard InChI is InChI=1S/C13H17N5S/c1-9-3-5-15-13(11(9)12(14)19)16-6-4-10-7-17-18(2)8-10/h3,5,7-8H,4,6H2,1-2H3,(H2,14,19)(H,15,16). The smallest absolute Gasteiger partial charge is 0.136 e. The number of thiocarbonyl (C=S) groups is 1. The van der Waals surface area contributed by atoms with E-state index in [4.69, 9.17) is 18.0 Å². The first kappa shape index (κ1) is 13.5. The third-order valence-corrected chi connectivity index (χ3v) is 3.07. The minimum atomic E-state index is 0.370. The third kappa shape index (κ3) is 3.29. The van der Waals surface area contributed by atoms with E-state index in [2.05, 4.69) is 15.4 Å². The van der Waals surface area contributed by atoms with Gasteiger partial charge in [-0.1, -0.05) is 12.2 Å². The molecule has 0 atom stereocenters. The Morgan fingerprint density at radius 3 is 2.95 bits per heavy atom. The molecular formula is C13H17N5S. The summed E-state index contributed by atoms with van der Waals surface area (Å²) in [5.74, 6) is 0.747. The lowest BCUT2D eigenvalue weighted by Gasteiger charge is -2.11. The van der Waals surface area contributed by atoms with Gasteiger partial charge in [0.05, 0.1) is 11.8 Å². The molecule has 2 aromatic heterocycles. The normalized spacial score (nSPS) is 10.4. The molecule has 6 heteroatoms. The topological polar surface area (TPSA) is 68.8 Å². The summed E-state index contributed by atoms with van der Waals surface area (Å²) in [4.78, 5) is 4.67. The molecule has 0 fully saturated rings. The van der Waals surface area contributed by atoms with Crippen molar-refractivity contribution in [1.29, 1.82) is 0 Å². The molecule has 5 nitrogen and oxygen atoms in total. The van der Waals surface area contributed by atoms with Crippen molar-refractivity contribution < 1.29 is 0 Å². The summed E-state index contributed by atoms with van der Waals surface area (Å²) < 4.78 is 1.79. The van der Waals surface area contributed by atoms with E-state index in [0.717, 1.165) is 29.9 Å². The SMILES string of the molecule is Cc1ccnc(NCCc2cnn(C)c2)c1C(N)=S. The molecule has 3 N–H and O–H groups in total. The van der Waals surface area contributed by atoms with Crippen molar-refractivity contribution in [2.75, 3.05) is 11.9 Å². The molecule has 19 heavy (non-hydrogen) atoms. The van der Waals surface area contributed by atoms with Crippen LogP contribution in [0.2, 0.25) is 0 Å². The summed E-state index contributed by atoms with van der Waals surface area (Å²) in [6, 6.07) is 1.90. The van der Waals surface area contributed by atoms with Gasteiger partial charge in [0.1, 0.15) is 10.8 Å². The van der Waals surface area contributed by atoms with Gasteiger partial charge in [-0.05, 0) is 30.5 Å². The van der Waals surface area contributed by atoms with Gasteiger partial charge in [-0.15, -0.1) is 0 Å². The maximum Gasteiger partial charge on any atom is 0.136 e. The summed E-state index contributed by atoms with van der Waals surface area (Å²) in [6.07, 6.45) is 6.49. The Hall–Kier alpha value is -1.95. The summed E-state index contributed by atoms with van der Waals surface area (Å²) in [7, 11) is 1.91. The molecule has 0 unspecified atom stereocenters. The second-order valence-corrected chi connectivity index (χ2v) is 4.85. The van der Waals surface area contributed by atoms with Crippen molar-refractivity contribution in [2.24, 2.45) is 12.8 Å². The Morgan fingerprint density at radius 1 is 1.53 bits per heavy atom. The first-order valence-electron chi connectivity index (χ1n) is 6.04. The average molecular weight is 275 g/mol. The number of anilines is 1. The van der Waals surface area contributed by atoms with Crippen LogP contribution in [0.4, 0.5) is 5.82 Å². The van der Waals surface area contributed by atoms with Crippen molar-refractivity contribution in [1.82, 2.24) is 14.8 Å². The third-order valence-electron chi connectivity index (χ3n) is 2.87. The molecule has 2 heterocycles. The lowest BCUT2D eigenvalue weighted by molar-refractivity contribution is 0.767. The highest BCUT2D eigenvalue weighted by Gasteiger charge is 2.09. The lowest BCUT2D eigenvalue weighted by atomic mass is 10.1. The van der Waals surface area contributed by atoms with Crippen molar-refractivity contribution in [3.05, 3.63) is 41.3 Å². The Kier molecular flexibility index (Phi) is 4.11. The van der Waals surface area contributed by atoms with E-state index in [-0.39, 0.29) is 0 Å². The van der Waals surface area contributed by atoms with Crippen molar-refractivity contribution in [3.63, 3.8) is 0 Å². The number of rotatable bonds is 5. The number of aromatic nitrogens is 3. The molecular weight excluding hydrogens is 258 g/mol. The maximum absolute atomic E-state index is 5.74. The molecule has 0 amide bonds. The van der Waals surface area contributed by atoms with Crippen molar-refractivity contribution in [3.8, 4) is 0 Å². The monoisotopic (exact) mass is 275 g/mol. The Bertz CT molecular complexity index is 590. The number of aryl methyl sites for hydroxylation is 2. The predicted octanol–water partition coefficient (Wildman–Crippen LogP) is 1.41. The predicted molar refractivity (Wildman–Crippen MR) is 80.3 cm³/mol. The molecule has 0 spiro atoms. The molecule has 0 aliphatic carbocycles. The summed E-state index contributed by atoms with van der Waals surface area (Å²) in [5, 5.41) is 7.41. The fourth-order valence-electron chi connectivity index (χ4n) is 1.93. The first-order valence-corrected chi connectivity index (χ1v) is 6.45. The molecule has 0 bridgehead atoms. The van der Waals surface area contributed by atoms with Gasteiger partial charge in [-0.3, -0.25) is 4.68 Å². The van der Waals surface area contributed by atoms with Gasteiger partial charge in [0, 0.05) is 26.0 Å². The van der Waals surface area contributed by atoms with Gasteiger partial charge in [0.15, 0.2) is 0 Å². The second kappa shape index (κ2) is 5.79. The van der Waals surface area contributed by atoms with E-state index in [1.807, 2.05) is 32.4 Å². The Labute approximate surface area is 117 Å². The fraction of sp³-hybridized carbons (Fsp3) is 0.308. The number of hydrogen-bond donors (Lipinski definition) is 2. The van der Waals surface area contributed by atoms with Gasteiger partial charge in [0.25, 0.3) is 0 Å². The van der Waals surface area contributed by atoms with E-state index in [1.54, 1.807) is 10.9 Å². The van der Waals surface area contributed by atoms with Crippen LogP contribution in [0.25, 0.3) is 0 Å². The van der Waals surface area contributed by atoms with Gasteiger partial charge >= 0.3 is 0 Å². The highest BCUT2D eigenvalue weighted by Crippen LogP contribution is 2.16. The zero-order valence-electron chi connectivity index (χ0n) is 11.1. The quantitative estimate of drug-likeness (QED) is 0.808. The summed E-state index contributed by atoms with van der Waals surface area (Å²) in [6.45, 7) is 2.74. The lowest BCUT2D eigenvalue weighted by Crippen LogP contribution is -2.17. The molecule has 2 rings (SSSR count). The molecule has 0 saturated heterocycles. The van der Waals surface area contributed by atoms with Gasteiger partial charge < -0.3 is 11.1 Å². The molecule has 0 aliphatic rings. The average Bonchev–Trinajstić information content (AvgIpc) is 2.74. The van der Waals surface area contributed by atoms with Crippen LogP contribution in [0.3, 0.4) is 0 Å². The molecule has 2 aromatic rings. The zero-order valence-corrected chi connectivity index (χ0v) is 11.9. The van der Waals surface area contributed by atoms with Crippen LogP contribution in [0.5, 0.6) is 0 Å². The summed E-state index contributed by atoms with van der Waals surface area (Å²) >= 11 is 5.07. The van der Waals surface area contributed by atoms with Crippen LogP contribution in [-0.4, -0.2) is 26.3 Å². The number of hydrogen-bond acceptors (Lipinski definition) is 4. The van der Waals surface area contributed by atoms with E-state index < -0.39 is 0 Å². The number of nitrogens with one attached hydrogen (secondary N) is 1. The molecule has 100 valence electrons. The Balaban J connectivity index is 2.03. The minimum absolute atomic E-state index is 0.370. The summed E-state index contributed by atoms with van der Waals surface area (Å²) in [5.41, 5.74) is 8.78. The highest BCUT2D eigenvalue weighted by atomic mass is 32.1. The second-order valence-electron chi connectivity index (χ2n) is 4.41. The zero-order chi connectivity index (χ0) is 13.8. The van der Waals surface area contributed by atoms with Crippen LogP contribution >= 0.6 is 12.2 Å².